The van der Waals surface area contributed by atoms with Gasteiger partial charge in [-0.2, -0.15) is 0 Å². The van der Waals surface area contributed by atoms with Crippen LogP contribution in [0.2, 0.25) is 0 Å². The standard InChI is InChI=1S/C20H24N4O/c1-15-6-8-16(9-7-15)18-11-10-17(25-18)13-21-14-20-23-22-19-5-3-2-4-12-24(19)20/h6-11,21H,2-5,12-14H2,1H3. The summed E-state index contributed by atoms with van der Waals surface area (Å²) < 4.78 is 8.23. The summed E-state index contributed by atoms with van der Waals surface area (Å²) in [6, 6.07) is 12.5. The third-order valence-electron chi connectivity index (χ3n) is 4.77. The molecule has 1 aliphatic heterocycles. The average Bonchev–Trinajstić information content (AvgIpc) is 3.17. The highest BCUT2D eigenvalue weighted by Gasteiger charge is 2.14. The molecule has 1 N–H and O–H groups in total. The number of hydrogen-bond donors (Lipinski definition) is 1. The lowest BCUT2D eigenvalue weighted by Gasteiger charge is -2.07. The van der Waals surface area contributed by atoms with Crippen LogP contribution in [0.3, 0.4) is 0 Å². The first-order chi connectivity index (χ1) is 12.3. The minimum absolute atomic E-state index is 0.689. The first-order valence-corrected chi connectivity index (χ1v) is 9.07. The van der Waals surface area contributed by atoms with E-state index in [9.17, 15) is 0 Å². The van der Waals surface area contributed by atoms with Crippen LogP contribution in [0, 0.1) is 6.92 Å². The van der Waals surface area contributed by atoms with Gasteiger partial charge in [0.15, 0.2) is 0 Å². The minimum Gasteiger partial charge on any atom is -0.460 e. The van der Waals surface area contributed by atoms with E-state index in [1.54, 1.807) is 0 Å². The van der Waals surface area contributed by atoms with Crippen LogP contribution < -0.4 is 5.32 Å². The number of hydrogen-bond acceptors (Lipinski definition) is 4. The fourth-order valence-corrected chi connectivity index (χ4v) is 3.32. The van der Waals surface area contributed by atoms with E-state index in [1.165, 1.54) is 24.8 Å². The second kappa shape index (κ2) is 7.23. The Morgan fingerprint density at radius 1 is 1.00 bits per heavy atom. The Morgan fingerprint density at radius 2 is 1.88 bits per heavy atom. The molecule has 130 valence electrons. The maximum absolute atomic E-state index is 5.96. The summed E-state index contributed by atoms with van der Waals surface area (Å²) in [5.74, 6) is 4.01. The average molecular weight is 336 g/mol. The summed E-state index contributed by atoms with van der Waals surface area (Å²) in [5.41, 5.74) is 2.37. The Balaban J connectivity index is 1.36. The lowest BCUT2D eigenvalue weighted by molar-refractivity contribution is 0.484. The Hall–Kier alpha value is -2.40. The van der Waals surface area contributed by atoms with Crippen molar-refractivity contribution in [1.82, 2.24) is 20.1 Å². The van der Waals surface area contributed by atoms with Crippen molar-refractivity contribution in [3.8, 4) is 11.3 Å². The summed E-state index contributed by atoms with van der Waals surface area (Å²) in [6.45, 7) is 4.53. The van der Waals surface area contributed by atoms with E-state index in [-0.39, 0.29) is 0 Å². The molecule has 0 aliphatic carbocycles. The number of benzene rings is 1. The SMILES string of the molecule is Cc1ccc(-c2ccc(CNCc3nnc4n3CCCCC4)o2)cc1. The van der Waals surface area contributed by atoms with Gasteiger partial charge in [-0.15, -0.1) is 10.2 Å². The molecule has 0 radical (unpaired) electrons. The molecule has 4 rings (SSSR count). The molecule has 0 saturated carbocycles. The molecule has 0 fully saturated rings. The molecule has 5 heteroatoms. The van der Waals surface area contributed by atoms with Gasteiger partial charge < -0.3 is 14.3 Å². The molecule has 5 nitrogen and oxygen atoms in total. The van der Waals surface area contributed by atoms with Crippen molar-refractivity contribution in [3.63, 3.8) is 0 Å². The number of rotatable bonds is 5. The van der Waals surface area contributed by atoms with Gasteiger partial charge in [0.25, 0.3) is 0 Å². The quantitative estimate of drug-likeness (QED) is 0.768. The van der Waals surface area contributed by atoms with E-state index in [2.05, 4.69) is 51.3 Å². The largest absolute Gasteiger partial charge is 0.460 e. The Kier molecular flexibility index (Phi) is 4.65. The maximum Gasteiger partial charge on any atom is 0.147 e. The van der Waals surface area contributed by atoms with Crippen molar-refractivity contribution in [1.29, 1.82) is 0 Å². The van der Waals surface area contributed by atoms with E-state index in [0.29, 0.717) is 13.1 Å². The first-order valence-electron chi connectivity index (χ1n) is 9.07. The predicted molar refractivity (Wildman–Crippen MR) is 97.0 cm³/mol. The monoisotopic (exact) mass is 336 g/mol. The van der Waals surface area contributed by atoms with Gasteiger partial charge in [-0.3, -0.25) is 0 Å². The molecular weight excluding hydrogens is 312 g/mol. The van der Waals surface area contributed by atoms with Crippen molar-refractivity contribution >= 4 is 0 Å². The summed E-state index contributed by atoms with van der Waals surface area (Å²) in [5, 5.41) is 12.1. The van der Waals surface area contributed by atoms with E-state index in [4.69, 9.17) is 4.42 Å². The van der Waals surface area contributed by atoms with Gasteiger partial charge in [0.2, 0.25) is 0 Å². The van der Waals surface area contributed by atoms with Crippen LogP contribution in [0.5, 0.6) is 0 Å². The second-order valence-electron chi connectivity index (χ2n) is 6.73. The van der Waals surface area contributed by atoms with Gasteiger partial charge in [-0.25, -0.2) is 0 Å². The Bertz CT molecular complexity index is 832. The highest BCUT2D eigenvalue weighted by molar-refractivity contribution is 5.57. The van der Waals surface area contributed by atoms with Crippen LogP contribution in [0.15, 0.2) is 40.8 Å². The third-order valence-corrected chi connectivity index (χ3v) is 4.77. The summed E-state index contributed by atoms with van der Waals surface area (Å²) in [6.07, 6.45) is 4.77. The summed E-state index contributed by atoms with van der Waals surface area (Å²) in [7, 11) is 0. The van der Waals surface area contributed by atoms with Gasteiger partial charge in [-0.05, 0) is 31.9 Å². The molecule has 0 atom stereocenters. The van der Waals surface area contributed by atoms with Gasteiger partial charge in [0.1, 0.15) is 23.2 Å². The number of furan rings is 1. The number of aryl methyl sites for hydroxylation is 2. The third kappa shape index (κ3) is 3.66. The number of nitrogens with one attached hydrogen (secondary N) is 1. The molecule has 3 aromatic rings. The zero-order valence-electron chi connectivity index (χ0n) is 14.7. The van der Waals surface area contributed by atoms with Gasteiger partial charge >= 0.3 is 0 Å². The van der Waals surface area contributed by atoms with Crippen LogP contribution in [0.4, 0.5) is 0 Å². The van der Waals surface area contributed by atoms with Crippen LogP contribution in [-0.2, 0) is 26.1 Å². The molecular formula is C20H24N4O. The minimum atomic E-state index is 0.689. The molecule has 0 bridgehead atoms. The zero-order chi connectivity index (χ0) is 17.1. The van der Waals surface area contributed by atoms with Gasteiger partial charge in [-0.1, -0.05) is 36.2 Å². The number of aromatic nitrogens is 3. The number of nitrogens with zero attached hydrogens (tertiary/aromatic N) is 3. The summed E-state index contributed by atoms with van der Waals surface area (Å²) >= 11 is 0. The molecule has 0 unspecified atom stereocenters. The van der Waals surface area contributed by atoms with E-state index in [1.807, 2.05) is 12.1 Å². The van der Waals surface area contributed by atoms with Gasteiger partial charge in [0, 0.05) is 18.5 Å². The van der Waals surface area contributed by atoms with Crippen molar-refractivity contribution < 1.29 is 4.42 Å². The molecule has 0 saturated heterocycles. The van der Waals surface area contributed by atoms with Crippen molar-refractivity contribution in [2.45, 2.75) is 52.2 Å². The topological polar surface area (TPSA) is 55.9 Å². The van der Waals surface area contributed by atoms with Crippen molar-refractivity contribution in [3.05, 3.63) is 59.4 Å². The van der Waals surface area contributed by atoms with Gasteiger partial charge in [0.05, 0.1) is 13.1 Å². The molecule has 0 spiro atoms. The fraction of sp³-hybridized carbons (Fsp3) is 0.400. The second-order valence-corrected chi connectivity index (χ2v) is 6.73. The van der Waals surface area contributed by atoms with E-state index >= 15 is 0 Å². The van der Waals surface area contributed by atoms with Crippen molar-refractivity contribution in [2.75, 3.05) is 0 Å². The smallest absolute Gasteiger partial charge is 0.147 e. The van der Waals surface area contributed by atoms with Crippen LogP contribution in [0.1, 0.15) is 42.2 Å². The fourth-order valence-electron chi connectivity index (χ4n) is 3.32. The molecule has 3 heterocycles. The van der Waals surface area contributed by atoms with E-state index in [0.717, 1.165) is 41.7 Å². The van der Waals surface area contributed by atoms with Crippen molar-refractivity contribution in [2.24, 2.45) is 0 Å². The lowest BCUT2D eigenvalue weighted by atomic mass is 10.1. The zero-order valence-corrected chi connectivity index (χ0v) is 14.7. The van der Waals surface area contributed by atoms with Crippen LogP contribution in [-0.4, -0.2) is 14.8 Å². The Morgan fingerprint density at radius 3 is 2.76 bits per heavy atom. The summed E-state index contributed by atoms with van der Waals surface area (Å²) in [4.78, 5) is 0. The van der Waals surface area contributed by atoms with E-state index < -0.39 is 0 Å². The molecule has 1 aromatic carbocycles. The molecule has 2 aromatic heterocycles. The molecule has 0 amide bonds. The maximum atomic E-state index is 5.96. The normalized spacial score (nSPS) is 14.3. The predicted octanol–water partition coefficient (Wildman–Crippen LogP) is 3.86. The Labute approximate surface area is 148 Å². The van der Waals surface area contributed by atoms with Crippen LogP contribution in [0.25, 0.3) is 11.3 Å². The molecule has 25 heavy (non-hydrogen) atoms. The highest BCUT2D eigenvalue weighted by atomic mass is 16.3. The molecule has 1 aliphatic rings. The van der Waals surface area contributed by atoms with Crippen LogP contribution >= 0.6 is 0 Å². The number of fused-ring (bicyclic) bond motifs is 1. The first kappa shape index (κ1) is 16.1. The lowest BCUT2D eigenvalue weighted by Crippen LogP contribution is -2.17. The highest BCUT2D eigenvalue weighted by Crippen LogP contribution is 2.22.